The molecule has 3 rings (SSSR count). The van der Waals surface area contributed by atoms with Gasteiger partial charge in [0, 0.05) is 11.9 Å². The lowest BCUT2D eigenvalue weighted by Gasteiger charge is -2.01. The Morgan fingerprint density at radius 2 is 2.14 bits per heavy atom. The van der Waals surface area contributed by atoms with E-state index in [-0.39, 0.29) is 5.91 Å². The van der Waals surface area contributed by atoms with Crippen LogP contribution in [0.3, 0.4) is 0 Å². The van der Waals surface area contributed by atoms with Crippen molar-refractivity contribution in [3.8, 4) is 0 Å². The third-order valence-electron chi connectivity index (χ3n) is 3.33. The summed E-state index contributed by atoms with van der Waals surface area (Å²) in [5.74, 6) is -0.0425. The summed E-state index contributed by atoms with van der Waals surface area (Å²) in [7, 11) is 0. The van der Waals surface area contributed by atoms with Crippen LogP contribution < -0.4 is 5.32 Å². The van der Waals surface area contributed by atoms with Crippen LogP contribution in [0.15, 0.2) is 41.8 Å². The van der Waals surface area contributed by atoms with Crippen molar-refractivity contribution in [1.82, 2.24) is 15.1 Å². The van der Waals surface area contributed by atoms with Gasteiger partial charge in [-0.2, -0.15) is 5.10 Å². The number of carbonyl (C=O) groups is 1. The molecule has 0 saturated heterocycles. The zero-order valence-electron chi connectivity index (χ0n) is 11.9. The summed E-state index contributed by atoms with van der Waals surface area (Å²) in [6.45, 7) is 3.47. The lowest BCUT2D eigenvalue weighted by molar-refractivity contribution is 0.0954. The number of aromatic nitrogens is 2. The standard InChI is InChI=1S/C16H17N3OS/c1-2-9-19-14-7-4-3-6-12(14)13(18-19)11-17-16(20)15-8-5-10-21-15/h3-8,10H,2,9,11H2,1H3,(H,17,20). The van der Waals surface area contributed by atoms with Crippen molar-refractivity contribution in [2.45, 2.75) is 26.4 Å². The molecule has 0 aliphatic carbocycles. The van der Waals surface area contributed by atoms with Gasteiger partial charge in [-0.05, 0) is 23.9 Å². The van der Waals surface area contributed by atoms with Crippen LogP contribution in [-0.2, 0) is 13.1 Å². The molecule has 0 saturated carbocycles. The van der Waals surface area contributed by atoms with Crippen LogP contribution in [0.4, 0.5) is 0 Å². The molecular weight excluding hydrogens is 282 g/mol. The maximum Gasteiger partial charge on any atom is 0.261 e. The maximum atomic E-state index is 12.0. The van der Waals surface area contributed by atoms with E-state index in [4.69, 9.17) is 0 Å². The van der Waals surface area contributed by atoms with Crippen LogP contribution in [0.25, 0.3) is 10.9 Å². The van der Waals surface area contributed by atoms with E-state index in [1.807, 2.05) is 34.3 Å². The largest absolute Gasteiger partial charge is 0.346 e. The number of nitrogens with zero attached hydrogens (tertiary/aromatic N) is 2. The number of para-hydroxylation sites is 1. The Labute approximate surface area is 127 Å². The van der Waals surface area contributed by atoms with Gasteiger partial charge < -0.3 is 5.32 Å². The highest BCUT2D eigenvalue weighted by atomic mass is 32.1. The molecule has 5 heteroatoms. The molecule has 0 aliphatic heterocycles. The van der Waals surface area contributed by atoms with Crippen LogP contribution in [0, 0.1) is 0 Å². The molecule has 0 radical (unpaired) electrons. The molecule has 0 bridgehead atoms. The molecule has 4 nitrogen and oxygen atoms in total. The van der Waals surface area contributed by atoms with Crippen molar-refractivity contribution in [2.75, 3.05) is 0 Å². The lowest BCUT2D eigenvalue weighted by atomic mass is 10.2. The van der Waals surface area contributed by atoms with Crippen LogP contribution in [0.1, 0.15) is 28.7 Å². The summed E-state index contributed by atoms with van der Waals surface area (Å²) in [6, 6.07) is 11.9. The quantitative estimate of drug-likeness (QED) is 0.784. The Hall–Kier alpha value is -2.14. The Kier molecular flexibility index (Phi) is 4.01. The second-order valence-electron chi connectivity index (χ2n) is 4.85. The number of fused-ring (bicyclic) bond motifs is 1. The smallest absolute Gasteiger partial charge is 0.261 e. The van der Waals surface area contributed by atoms with E-state index in [0.29, 0.717) is 6.54 Å². The summed E-state index contributed by atoms with van der Waals surface area (Å²) in [5.41, 5.74) is 2.05. The van der Waals surface area contributed by atoms with Crippen molar-refractivity contribution < 1.29 is 4.79 Å². The van der Waals surface area contributed by atoms with Gasteiger partial charge in [0.2, 0.25) is 0 Å². The summed E-state index contributed by atoms with van der Waals surface area (Å²) in [6.07, 6.45) is 1.03. The highest BCUT2D eigenvalue weighted by Crippen LogP contribution is 2.19. The monoisotopic (exact) mass is 299 g/mol. The van der Waals surface area contributed by atoms with Crippen molar-refractivity contribution in [3.63, 3.8) is 0 Å². The van der Waals surface area contributed by atoms with E-state index in [9.17, 15) is 4.79 Å². The van der Waals surface area contributed by atoms with Gasteiger partial charge in [0.15, 0.2) is 0 Å². The van der Waals surface area contributed by atoms with Gasteiger partial charge in [-0.25, -0.2) is 0 Å². The predicted octanol–water partition coefficient (Wildman–Crippen LogP) is 3.44. The molecule has 0 spiro atoms. The SMILES string of the molecule is CCCn1nc(CNC(=O)c2cccs2)c2ccccc21. The number of benzene rings is 1. The fraction of sp³-hybridized carbons (Fsp3) is 0.250. The second kappa shape index (κ2) is 6.10. The van der Waals surface area contributed by atoms with Crippen LogP contribution in [0.2, 0.25) is 0 Å². The number of aryl methyl sites for hydroxylation is 1. The van der Waals surface area contributed by atoms with Crippen LogP contribution in [0.5, 0.6) is 0 Å². The minimum Gasteiger partial charge on any atom is -0.346 e. The topological polar surface area (TPSA) is 46.9 Å². The Morgan fingerprint density at radius 3 is 2.90 bits per heavy atom. The first-order valence-electron chi connectivity index (χ1n) is 7.05. The van der Waals surface area contributed by atoms with Crippen LogP contribution in [-0.4, -0.2) is 15.7 Å². The summed E-state index contributed by atoms with van der Waals surface area (Å²) >= 11 is 1.45. The average Bonchev–Trinajstić information content (AvgIpc) is 3.14. The highest BCUT2D eigenvalue weighted by molar-refractivity contribution is 7.12. The minimum absolute atomic E-state index is 0.0425. The first kappa shape index (κ1) is 13.8. The van der Waals surface area contributed by atoms with Crippen LogP contribution >= 0.6 is 11.3 Å². The molecule has 1 N–H and O–H groups in total. The molecule has 0 fully saturated rings. The zero-order chi connectivity index (χ0) is 14.7. The minimum atomic E-state index is -0.0425. The van der Waals surface area contributed by atoms with Crippen molar-refractivity contribution in [2.24, 2.45) is 0 Å². The van der Waals surface area contributed by atoms with Gasteiger partial charge in [0.25, 0.3) is 5.91 Å². The third kappa shape index (κ3) is 2.83. The van der Waals surface area contributed by atoms with E-state index < -0.39 is 0 Å². The molecule has 108 valence electrons. The number of thiophene rings is 1. The number of rotatable bonds is 5. The predicted molar refractivity (Wildman–Crippen MR) is 85.5 cm³/mol. The summed E-state index contributed by atoms with van der Waals surface area (Å²) in [4.78, 5) is 12.7. The van der Waals surface area contributed by atoms with Gasteiger partial charge in [-0.3, -0.25) is 9.48 Å². The number of hydrogen-bond donors (Lipinski definition) is 1. The lowest BCUT2D eigenvalue weighted by Crippen LogP contribution is -2.22. The average molecular weight is 299 g/mol. The van der Waals surface area contributed by atoms with Crippen molar-refractivity contribution in [1.29, 1.82) is 0 Å². The van der Waals surface area contributed by atoms with Gasteiger partial charge >= 0.3 is 0 Å². The van der Waals surface area contributed by atoms with E-state index >= 15 is 0 Å². The molecule has 0 aliphatic rings. The fourth-order valence-electron chi connectivity index (χ4n) is 2.37. The molecule has 2 aromatic heterocycles. The first-order chi connectivity index (χ1) is 10.3. The Morgan fingerprint density at radius 1 is 1.29 bits per heavy atom. The van der Waals surface area contributed by atoms with Gasteiger partial charge in [0.1, 0.15) is 0 Å². The zero-order valence-corrected chi connectivity index (χ0v) is 12.7. The fourth-order valence-corrected chi connectivity index (χ4v) is 3.01. The Balaban J connectivity index is 1.82. The maximum absolute atomic E-state index is 12.0. The Bertz CT molecular complexity index is 746. The summed E-state index contributed by atoms with van der Waals surface area (Å²) < 4.78 is 2.02. The number of amides is 1. The van der Waals surface area contributed by atoms with Gasteiger partial charge in [-0.1, -0.05) is 31.2 Å². The number of nitrogens with one attached hydrogen (secondary N) is 1. The van der Waals surface area contributed by atoms with Crippen molar-refractivity contribution in [3.05, 3.63) is 52.3 Å². The molecule has 1 aromatic carbocycles. The van der Waals surface area contributed by atoms with Gasteiger partial charge in [0.05, 0.1) is 22.6 Å². The highest BCUT2D eigenvalue weighted by Gasteiger charge is 2.11. The molecular formula is C16H17N3OS. The molecule has 21 heavy (non-hydrogen) atoms. The summed E-state index contributed by atoms with van der Waals surface area (Å²) in [5, 5.41) is 10.6. The number of hydrogen-bond acceptors (Lipinski definition) is 3. The molecule has 1 amide bonds. The third-order valence-corrected chi connectivity index (χ3v) is 4.20. The second-order valence-corrected chi connectivity index (χ2v) is 5.79. The molecule has 2 heterocycles. The number of carbonyl (C=O) groups excluding carboxylic acids is 1. The van der Waals surface area contributed by atoms with E-state index in [1.54, 1.807) is 0 Å². The van der Waals surface area contributed by atoms with E-state index in [0.717, 1.165) is 34.4 Å². The molecule has 3 aromatic rings. The van der Waals surface area contributed by atoms with E-state index in [2.05, 4.69) is 29.5 Å². The first-order valence-corrected chi connectivity index (χ1v) is 7.93. The van der Waals surface area contributed by atoms with Gasteiger partial charge in [-0.15, -0.1) is 11.3 Å². The molecule has 0 atom stereocenters. The molecule has 0 unspecified atom stereocenters. The normalized spacial score (nSPS) is 10.9. The van der Waals surface area contributed by atoms with E-state index in [1.165, 1.54) is 11.3 Å². The van der Waals surface area contributed by atoms with Crippen molar-refractivity contribution >= 4 is 28.1 Å².